The summed E-state index contributed by atoms with van der Waals surface area (Å²) in [6.07, 6.45) is 0. The molecule has 1 N–H and O–H groups in total. The third-order valence-electron chi connectivity index (χ3n) is 2.08. The number of hydrogen-bond donors (Lipinski definition) is 1. The van der Waals surface area contributed by atoms with Crippen LogP contribution in [0.15, 0.2) is 0 Å². The number of carboxylic acids is 1. The Morgan fingerprint density at radius 3 is 2.67 bits per heavy atom. The first-order valence-electron chi connectivity index (χ1n) is 3.99. The van der Waals surface area contributed by atoms with Gasteiger partial charge in [0.2, 0.25) is 0 Å². The molecule has 0 unspecified atom stereocenters. The number of hydrogen-bond acceptors (Lipinski definition) is 3. The number of carbonyl (C=O) groups is 1. The minimum absolute atomic E-state index is 0.222. The topological polar surface area (TPSA) is 49.8 Å². The first-order valence-corrected chi connectivity index (χ1v) is 3.99. The normalized spacial score (nSPS) is 30.1. The highest BCUT2D eigenvalue weighted by molar-refractivity contribution is 5.73. The molecule has 0 bridgehead atoms. The number of aliphatic carboxylic acids is 1. The Balaban J connectivity index is 2.60. The van der Waals surface area contributed by atoms with E-state index in [1.54, 1.807) is 0 Å². The number of carboxylic acid groups (broad SMARTS) is 1. The van der Waals surface area contributed by atoms with Gasteiger partial charge in [0.05, 0.1) is 12.2 Å². The van der Waals surface area contributed by atoms with E-state index in [2.05, 4.69) is 0 Å². The van der Waals surface area contributed by atoms with E-state index in [1.165, 1.54) is 0 Å². The van der Waals surface area contributed by atoms with Crippen LogP contribution in [0.5, 0.6) is 0 Å². The first kappa shape index (κ1) is 9.48. The van der Waals surface area contributed by atoms with E-state index in [-0.39, 0.29) is 12.2 Å². The predicted octanol–water partition coefficient (Wildman–Crippen LogP) is 0.180. The van der Waals surface area contributed by atoms with Crippen LogP contribution in [0, 0.1) is 0 Å². The second-order valence-corrected chi connectivity index (χ2v) is 3.84. The van der Waals surface area contributed by atoms with Gasteiger partial charge in [-0.15, -0.1) is 0 Å². The van der Waals surface area contributed by atoms with Gasteiger partial charge in [-0.3, -0.25) is 9.69 Å². The minimum Gasteiger partial charge on any atom is -0.480 e. The highest BCUT2D eigenvalue weighted by Gasteiger charge is 2.35. The van der Waals surface area contributed by atoms with E-state index in [9.17, 15) is 4.79 Å². The highest BCUT2D eigenvalue weighted by atomic mass is 16.5. The summed E-state index contributed by atoms with van der Waals surface area (Å²) in [5, 5.41) is 8.76. The molecule has 1 heterocycles. The lowest BCUT2D eigenvalue weighted by molar-refractivity contribution is -0.159. The molecule has 0 aromatic rings. The summed E-state index contributed by atoms with van der Waals surface area (Å²) in [5.41, 5.74) is -0.222. The lowest BCUT2D eigenvalue weighted by Crippen LogP contribution is -2.55. The van der Waals surface area contributed by atoms with Crippen LogP contribution < -0.4 is 0 Å². The zero-order chi connectivity index (χ0) is 9.35. The molecule has 1 rings (SSSR count). The molecule has 1 aliphatic heterocycles. The molecule has 0 radical (unpaired) electrons. The molecular formula is C8H15NO3. The van der Waals surface area contributed by atoms with Crippen LogP contribution in [0.2, 0.25) is 0 Å². The van der Waals surface area contributed by atoms with Crippen LogP contribution in [0.3, 0.4) is 0 Å². The molecular weight excluding hydrogens is 158 g/mol. The van der Waals surface area contributed by atoms with Crippen molar-refractivity contribution in [1.29, 1.82) is 0 Å². The van der Waals surface area contributed by atoms with E-state index >= 15 is 0 Å². The fourth-order valence-electron chi connectivity index (χ4n) is 1.45. The van der Waals surface area contributed by atoms with Gasteiger partial charge < -0.3 is 9.84 Å². The maximum Gasteiger partial charge on any atom is 0.323 e. The zero-order valence-electron chi connectivity index (χ0n) is 7.70. The van der Waals surface area contributed by atoms with Crippen molar-refractivity contribution in [2.45, 2.75) is 25.5 Å². The molecule has 12 heavy (non-hydrogen) atoms. The summed E-state index contributed by atoms with van der Waals surface area (Å²) in [6.45, 7) is 4.85. The van der Waals surface area contributed by atoms with Crippen LogP contribution in [0.4, 0.5) is 0 Å². The van der Waals surface area contributed by atoms with E-state index in [0.29, 0.717) is 6.54 Å². The number of ether oxygens (including phenoxy) is 1. The summed E-state index contributed by atoms with van der Waals surface area (Å²) in [6, 6.07) is -0.488. The lowest BCUT2D eigenvalue weighted by atomic mass is 10.1. The number of likely N-dealkylation sites (N-methyl/N-ethyl adjacent to an activating group) is 1. The molecule has 70 valence electrons. The van der Waals surface area contributed by atoms with Gasteiger partial charge in [0.15, 0.2) is 0 Å². The first-order chi connectivity index (χ1) is 5.42. The number of morpholine rings is 1. The fraction of sp³-hybridized carbons (Fsp3) is 0.875. The molecule has 1 aliphatic rings. The molecule has 1 saturated heterocycles. The van der Waals surface area contributed by atoms with Crippen LogP contribution in [-0.2, 0) is 9.53 Å². The number of nitrogens with zero attached hydrogens (tertiary/aromatic N) is 1. The zero-order valence-corrected chi connectivity index (χ0v) is 7.70. The quantitative estimate of drug-likeness (QED) is 0.614. The van der Waals surface area contributed by atoms with Crippen molar-refractivity contribution < 1.29 is 14.6 Å². The molecule has 0 aromatic heterocycles. The summed E-state index contributed by atoms with van der Waals surface area (Å²) in [7, 11) is 1.81. The molecule has 4 heteroatoms. The van der Waals surface area contributed by atoms with Gasteiger partial charge >= 0.3 is 5.97 Å². The maximum atomic E-state index is 10.7. The van der Waals surface area contributed by atoms with E-state index < -0.39 is 12.0 Å². The van der Waals surface area contributed by atoms with Crippen molar-refractivity contribution in [2.24, 2.45) is 0 Å². The molecule has 0 aromatic carbocycles. The summed E-state index contributed by atoms with van der Waals surface area (Å²) >= 11 is 0. The maximum absolute atomic E-state index is 10.7. The monoisotopic (exact) mass is 173 g/mol. The molecule has 0 amide bonds. The van der Waals surface area contributed by atoms with Gasteiger partial charge in [0.25, 0.3) is 0 Å². The van der Waals surface area contributed by atoms with E-state index in [0.717, 1.165) is 0 Å². The highest BCUT2D eigenvalue weighted by Crippen LogP contribution is 2.18. The summed E-state index contributed by atoms with van der Waals surface area (Å²) in [4.78, 5) is 12.5. The van der Waals surface area contributed by atoms with Gasteiger partial charge in [-0.25, -0.2) is 0 Å². The van der Waals surface area contributed by atoms with Crippen LogP contribution >= 0.6 is 0 Å². The molecule has 0 saturated carbocycles. The Morgan fingerprint density at radius 2 is 2.25 bits per heavy atom. The van der Waals surface area contributed by atoms with Crippen molar-refractivity contribution in [1.82, 2.24) is 4.90 Å². The van der Waals surface area contributed by atoms with Crippen molar-refractivity contribution in [2.75, 3.05) is 20.2 Å². The lowest BCUT2D eigenvalue weighted by Gasteiger charge is -2.39. The summed E-state index contributed by atoms with van der Waals surface area (Å²) < 4.78 is 5.39. The van der Waals surface area contributed by atoms with Crippen molar-refractivity contribution in [3.63, 3.8) is 0 Å². The van der Waals surface area contributed by atoms with Crippen molar-refractivity contribution in [3.8, 4) is 0 Å². The largest absolute Gasteiger partial charge is 0.480 e. The molecule has 0 spiro atoms. The van der Waals surface area contributed by atoms with Crippen molar-refractivity contribution in [3.05, 3.63) is 0 Å². The average molecular weight is 173 g/mol. The Bertz CT molecular complexity index is 191. The van der Waals surface area contributed by atoms with Gasteiger partial charge in [-0.05, 0) is 20.9 Å². The van der Waals surface area contributed by atoms with Crippen LogP contribution in [0.1, 0.15) is 13.8 Å². The second-order valence-electron chi connectivity index (χ2n) is 3.84. The fourth-order valence-corrected chi connectivity index (χ4v) is 1.45. The third-order valence-corrected chi connectivity index (χ3v) is 2.08. The smallest absolute Gasteiger partial charge is 0.323 e. The predicted molar refractivity (Wildman–Crippen MR) is 44.1 cm³/mol. The van der Waals surface area contributed by atoms with Gasteiger partial charge in [0.1, 0.15) is 6.04 Å². The van der Waals surface area contributed by atoms with Gasteiger partial charge in [-0.1, -0.05) is 0 Å². The van der Waals surface area contributed by atoms with E-state index in [1.807, 2.05) is 25.8 Å². The van der Waals surface area contributed by atoms with Crippen LogP contribution in [0.25, 0.3) is 0 Å². The Kier molecular flexibility index (Phi) is 2.39. The van der Waals surface area contributed by atoms with Gasteiger partial charge in [-0.2, -0.15) is 0 Å². The molecule has 4 nitrogen and oxygen atoms in total. The van der Waals surface area contributed by atoms with Crippen molar-refractivity contribution >= 4 is 5.97 Å². The summed E-state index contributed by atoms with van der Waals surface area (Å²) in [5.74, 6) is -0.812. The van der Waals surface area contributed by atoms with E-state index in [4.69, 9.17) is 9.84 Å². The molecule has 1 atom stereocenters. The van der Waals surface area contributed by atoms with Gasteiger partial charge in [0, 0.05) is 6.54 Å². The SMILES string of the molecule is CN1CC(C)(C)OC[C@@H]1C(=O)O. The number of rotatable bonds is 1. The minimum atomic E-state index is -0.812. The molecule has 0 aliphatic carbocycles. The Morgan fingerprint density at radius 1 is 1.67 bits per heavy atom. The second kappa shape index (κ2) is 3.03. The Labute approximate surface area is 72.1 Å². The van der Waals surface area contributed by atoms with Crippen LogP contribution in [-0.4, -0.2) is 47.8 Å². The Hall–Kier alpha value is -0.610. The average Bonchev–Trinajstić information content (AvgIpc) is 1.83. The molecule has 1 fully saturated rings. The third kappa shape index (κ3) is 1.95. The standard InChI is InChI=1S/C8H15NO3/c1-8(2)5-9(3)6(4-12-8)7(10)11/h6H,4-5H2,1-3H3,(H,10,11)/t6-/m1/s1.